The van der Waals surface area contributed by atoms with Crippen LogP contribution in [0.25, 0.3) is 0 Å². The van der Waals surface area contributed by atoms with Crippen molar-refractivity contribution in [3.8, 4) is 0 Å². The van der Waals surface area contributed by atoms with E-state index in [0.29, 0.717) is 0 Å². The van der Waals surface area contributed by atoms with Crippen molar-refractivity contribution >= 4 is 0 Å². The van der Waals surface area contributed by atoms with Gasteiger partial charge in [-0.2, -0.15) is 0 Å². The van der Waals surface area contributed by atoms with Gasteiger partial charge in [0.25, 0.3) is 0 Å². The van der Waals surface area contributed by atoms with Crippen LogP contribution in [0.15, 0.2) is 24.3 Å². The molecule has 0 aliphatic carbocycles. The third-order valence-corrected chi connectivity index (χ3v) is 3.37. The van der Waals surface area contributed by atoms with Crippen LogP contribution in [-0.4, -0.2) is 50.1 Å². The molecule has 0 radical (unpaired) electrons. The van der Waals surface area contributed by atoms with E-state index in [0.717, 1.165) is 13.1 Å². The third kappa shape index (κ3) is 3.80. The van der Waals surface area contributed by atoms with Gasteiger partial charge in [-0.15, -0.1) is 0 Å². The summed E-state index contributed by atoms with van der Waals surface area (Å²) < 4.78 is 0. The number of piperazine rings is 1. The second kappa shape index (κ2) is 6.15. The van der Waals surface area contributed by atoms with Crippen molar-refractivity contribution < 1.29 is 0 Å². The largest absolute Gasteiger partial charge is 0.316 e. The highest BCUT2D eigenvalue weighted by Gasteiger charge is 2.13. The van der Waals surface area contributed by atoms with Crippen molar-refractivity contribution in [1.29, 1.82) is 0 Å². The SMILES string of the molecule is CNCc1cccc(CN2CCN(C)CC2)c1. The Balaban J connectivity index is 1.91. The minimum absolute atomic E-state index is 0.955. The molecule has 1 fully saturated rings. The van der Waals surface area contributed by atoms with E-state index in [-0.39, 0.29) is 0 Å². The van der Waals surface area contributed by atoms with Crippen molar-refractivity contribution in [1.82, 2.24) is 15.1 Å². The van der Waals surface area contributed by atoms with Gasteiger partial charge in [-0.3, -0.25) is 4.90 Å². The lowest BCUT2D eigenvalue weighted by Gasteiger charge is -2.32. The first-order valence-corrected chi connectivity index (χ1v) is 6.41. The third-order valence-electron chi connectivity index (χ3n) is 3.37. The van der Waals surface area contributed by atoms with Crippen LogP contribution in [0.3, 0.4) is 0 Å². The minimum atomic E-state index is 0.955. The Bertz CT molecular complexity index is 343. The quantitative estimate of drug-likeness (QED) is 0.842. The highest BCUT2D eigenvalue weighted by Crippen LogP contribution is 2.10. The molecule has 17 heavy (non-hydrogen) atoms. The van der Waals surface area contributed by atoms with E-state index < -0.39 is 0 Å². The maximum Gasteiger partial charge on any atom is 0.0234 e. The molecule has 0 saturated carbocycles. The van der Waals surface area contributed by atoms with Crippen LogP contribution in [0.1, 0.15) is 11.1 Å². The van der Waals surface area contributed by atoms with Crippen LogP contribution in [0, 0.1) is 0 Å². The molecular formula is C14H23N3. The summed E-state index contributed by atoms with van der Waals surface area (Å²) in [5, 5.41) is 3.20. The van der Waals surface area contributed by atoms with Gasteiger partial charge in [0.05, 0.1) is 0 Å². The van der Waals surface area contributed by atoms with Crippen molar-refractivity contribution in [2.75, 3.05) is 40.3 Å². The molecule has 3 nitrogen and oxygen atoms in total. The van der Waals surface area contributed by atoms with Gasteiger partial charge in [0.15, 0.2) is 0 Å². The molecule has 1 N–H and O–H groups in total. The molecule has 0 bridgehead atoms. The fourth-order valence-electron chi connectivity index (χ4n) is 2.31. The van der Waals surface area contributed by atoms with Gasteiger partial charge in [-0.25, -0.2) is 0 Å². The van der Waals surface area contributed by atoms with Crippen molar-refractivity contribution in [2.24, 2.45) is 0 Å². The lowest BCUT2D eigenvalue weighted by molar-refractivity contribution is 0.148. The van der Waals surface area contributed by atoms with E-state index >= 15 is 0 Å². The van der Waals surface area contributed by atoms with Gasteiger partial charge in [-0.1, -0.05) is 24.3 Å². The van der Waals surface area contributed by atoms with E-state index in [1.807, 2.05) is 7.05 Å². The van der Waals surface area contributed by atoms with Crippen LogP contribution in [0.5, 0.6) is 0 Å². The monoisotopic (exact) mass is 233 g/mol. The van der Waals surface area contributed by atoms with E-state index in [2.05, 4.69) is 46.4 Å². The van der Waals surface area contributed by atoms with Gasteiger partial charge < -0.3 is 10.2 Å². The first-order valence-electron chi connectivity index (χ1n) is 6.41. The van der Waals surface area contributed by atoms with Crippen LogP contribution < -0.4 is 5.32 Å². The zero-order valence-electron chi connectivity index (χ0n) is 10.9. The smallest absolute Gasteiger partial charge is 0.0234 e. The highest BCUT2D eigenvalue weighted by molar-refractivity contribution is 5.23. The molecule has 1 aromatic carbocycles. The minimum Gasteiger partial charge on any atom is -0.316 e. The topological polar surface area (TPSA) is 18.5 Å². The fourth-order valence-corrected chi connectivity index (χ4v) is 2.31. The number of hydrogen-bond acceptors (Lipinski definition) is 3. The molecule has 1 heterocycles. The average molecular weight is 233 g/mol. The van der Waals surface area contributed by atoms with Crippen LogP contribution in [-0.2, 0) is 13.1 Å². The maximum atomic E-state index is 3.20. The zero-order chi connectivity index (χ0) is 12.1. The molecular weight excluding hydrogens is 210 g/mol. The van der Waals surface area contributed by atoms with E-state index in [4.69, 9.17) is 0 Å². The lowest BCUT2D eigenvalue weighted by Crippen LogP contribution is -2.43. The predicted octanol–water partition coefficient (Wildman–Crippen LogP) is 1.15. The number of benzene rings is 1. The normalized spacial score (nSPS) is 18.5. The molecule has 0 amide bonds. The summed E-state index contributed by atoms with van der Waals surface area (Å²) >= 11 is 0. The molecule has 3 heteroatoms. The summed E-state index contributed by atoms with van der Waals surface area (Å²) in [5.41, 5.74) is 2.81. The van der Waals surface area contributed by atoms with Gasteiger partial charge >= 0.3 is 0 Å². The number of nitrogens with one attached hydrogen (secondary N) is 1. The Hall–Kier alpha value is -0.900. The summed E-state index contributed by atoms with van der Waals surface area (Å²) in [7, 11) is 4.19. The predicted molar refractivity (Wildman–Crippen MR) is 72.0 cm³/mol. The molecule has 1 aliphatic rings. The molecule has 0 atom stereocenters. The molecule has 0 aromatic heterocycles. The van der Waals surface area contributed by atoms with Crippen LogP contribution in [0.2, 0.25) is 0 Å². The van der Waals surface area contributed by atoms with Crippen molar-refractivity contribution in [3.05, 3.63) is 35.4 Å². The summed E-state index contributed by atoms with van der Waals surface area (Å²) in [6, 6.07) is 8.90. The summed E-state index contributed by atoms with van der Waals surface area (Å²) in [6.45, 7) is 6.80. The second-order valence-electron chi connectivity index (χ2n) is 4.93. The maximum absolute atomic E-state index is 3.20. The molecule has 94 valence electrons. The first kappa shape index (κ1) is 12.6. The van der Waals surface area contributed by atoms with Gasteiger partial charge in [0, 0.05) is 39.3 Å². The number of nitrogens with zero attached hydrogens (tertiary/aromatic N) is 2. The van der Waals surface area contributed by atoms with E-state index in [1.165, 1.54) is 37.3 Å². The van der Waals surface area contributed by atoms with Gasteiger partial charge in [0.1, 0.15) is 0 Å². The van der Waals surface area contributed by atoms with Crippen LogP contribution in [0.4, 0.5) is 0 Å². The van der Waals surface area contributed by atoms with Gasteiger partial charge in [0.2, 0.25) is 0 Å². The molecule has 0 spiro atoms. The summed E-state index contributed by atoms with van der Waals surface area (Å²) in [4.78, 5) is 4.94. The zero-order valence-corrected chi connectivity index (χ0v) is 10.9. The fraction of sp³-hybridized carbons (Fsp3) is 0.571. The number of rotatable bonds is 4. The standard InChI is InChI=1S/C14H23N3/c1-15-11-13-4-3-5-14(10-13)12-17-8-6-16(2)7-9-17/h3-5,10,15H,6-9,11-12H2,1-2H3. The van der Waals surface area contributed by atoms with E-state index in [9.17, 15) is 0 Å². The second-order valence-corrected chi connectivity index (χ2v) is 4.93. The Morgan fingerprint density at radius 3 is 2.53 bits per heavy atom. The van der Waals surface area contributed by atoms with E-state index in [1.54, 1.807) is 0 Å². The molecule has 0 unspecified atom stereocenters. The van der Waals surface area contributed by atoms with Crippen LogP contribution >= 0.6 is 0 Å². The van der Waals surface area contributed by atoms with Crippen molar-refractivity contribution in [2.45, 2.75) is 13.1 Å². The molecule has 1 aliphatic heterocycles. The average Bonchev–Trinajstić information content (AvgIpc) is 2.33. The highest BCUT2D eigenvalue weighted by atomic mass is 15.2. The number of hydrogen-bond donors (Lipinski definition) is 1. The Morgan fingerprint density at radius 1 is 1.12 bits per heavy atom. The summed E-state index contributed by atoms with van der Waals surface area (Å²) in [5.74, 6) is 0. The molecule has 1 aromatic rings. The molecule has 1 saturated heterocycles. The molecule has 2 rings (SSSR count). The summed E-state index contributed by atoms with van der Waals surface area (Å²) in [6.07, 6.45) is 0. The Labute approximate surface area is 104 Å². The Kier molecular flexibility index (Phi) is 4.54. The van der Waals surface area contributed by atoms with Gasteiger partial charge in [-0.05, 0) is 25.2 Å². The Morgan fingerprint density at radius 2 is 1.82 bits per heavy atom. The first-order chi connectivity index (χ1) is 8.28. The number of likely N-dealkylation sites (N-methyl/N-ethyl adjacent to an activating group) is 1. The van der Waals surface area contributed by atoms with Crippen molar-refractivity contribution in [3.63, 3.8) is 0 Å². The lowest BCUT2D eigenvalue weighted by atomic mass is 10.1.